The second-order valence-corrected chi connectivity index (χ2v) is 6.20. The molecule has 0 spiro atoms. The number of thiophene rings is 1. The number of benzene rings is 1. The summed E-state index contributed by atoms with van der Waals surface area (Å²) in [6.45, 7) is 4.12. The van der Waals surface area contributed by atoms with Crippen molar-refractivity contribution >= 4 is 27.3 Å². The quantitative estimate of drug-likeness (QED) is 0.878. The Morgan fingerprint density at radius 3 is 2.53 bits per heavy atom. The molecule has 0 fully saturated rings. The summed E-state index contributed by atoms with van der Waals surface area (Å²) in [7, 11) is 0. The van der Waals surface area contributed by atoms with E-state index in [1.54, 1.807) is 23.5 Å². The molecule has 2 N–H and O–H groups in total. The molecule has 1 nitrogen and oxygen atoms in total. The molecule has 1 atom stereocenters. The molecule has 0 amide bonds. The lowest BCUT2D eigenvalue weighted by Crippen LogP contribution is -2.11. The van der Waals surface area contributed by atoms with Crippen LogP contribution >= 0.6 is 27.3 Å². The molecule has 0 aliphatic rings. The van der Waals surface area contributed by atoms with Gasteiger partial charge in [0.05, 0.1) is 10.5 Å². The number of aryl methyl sites for hydroxylation is 2. The Morgan fingerprint density at radius 2 is 2.00 bits per heavy atom. The van der Waals surface area contributed by atoms with Gasteiger partial charge in [-0.1, -0.05) is 6.07 Å². The minimum absolute atomic E-state index is 0.189. The maximum atomic E-state index is 13.2. The van der Waals surface area contributed by atoms with Crippen molar-refractivity contribution in [3.05, 3.63) is 55.4 Å². The lowest BCUT2D eigenvalue weighted by atomic mass is 10.0. The summed E-state index contributed by atoms with van der Waals surface area (Å²) in [5, 5.41) is 0. The molecule has 17 heavy (non-hydrogen) atoms. The van der Waals surface area contributed by atoms with Crippen LogP contribution in [0, 0.1) is 19.7 Å². The third kappa shape index (κ3) is 2.59. The molecule has 1 aromatic heterocycles. The van der Waals surface area contributed by atoms with Crippen molar-refractivity contribution in [2.24, 2.45) is 5.73 Å². The molecule has 1 heterocycles. The Kier molecular flexibility index (Phi) is 3.66. The summed E-state index contributed by atoms with van der Waals surface area (Å²) in [5.41, 5.74) is 8.33. The van der Waals surface area contributed by atoms with Gasteiger partial charge < -0.3 is 5.73 Å². The predicted molar refractivity (Wildman–Crippen MR) is 73.9 cm³/mol. The first-order chi connectivity index (χ1) is 7.99. The summed E-state index contributed by atoms with van der Waals surface area (Å²) < 4.78 is 13.6. The van der Waals surface area contributed by atoms with Gasteiger partial charge >= 0.3 is 0 Å². The Morgan fingerprint density at radius 1 is 1.29 bits per heavy atom. The molecule has 4 heteroatoms. The van der Waals surface area contributed by atoms with Crippen LogP contribution in [0.5, 0.6) is 0 Å². The van der Waals surface area contributed by atoms with Crippen molar-refractivity contribution in [1.29, 1.82) is 0 Å². The van der Waals surface area contributed by atoms with Gasteiger partial charge in [0.15, 0.2) is 0 Å². The normalized spacial score (nSPS) is 12.8. The highest BCUT2D eigenvalue weighted by molar-refractivity contribution is 9.10. The van der Waals surface area contributed by atoms with E-state index in [0.29, 0.717) is 4.47 Å². The van der Waals surface area contributed by atoms with Gasteiger partial charge in [-0.2, -0.15) is 0 Å². The van der Waals surface area contributed by atoms with Crippen LogP contribution in [-0.2, 0) is 0 Å². The Labute approximate surface area is 113 Å². The van der Waals surface area contributed by atoms with Gasteiger partial charge in [-0.15, -0.1) is 11.3 Å². The third-order valence-corrected chi connectivity index (χ3v) is 4.51. The first-order valence-corrected chi connectivity index (χ1v) is 6.87. The summed E-state index contributed by atoms with van der Waals surface area (Å²) in [6.07, 6.45) is 0. The van der Waals surface area contributed by atoms with E-state index in [2.05, 4.69) is 35.8 Å². The fourth-order valence-electron chi connectivity index (χ4n) is 1.83. The molecule has 0 aliphatic heterocycles. The topological polar surface area (TPSA) is 26.0 Å². The highest BCUT2D eigenvalue weighted by Crippen LogP contribution is 2.31. The molecule has 0 aliphatic carbocycles. The van der Waals surface area contributed by atoms with Crippen molar-refractivity contribution in [1.82, 2.24) is 0 Å². The van der Waals surface area contributed by atoms with Gasteiger partial charge in [0.25, 0.3) is 0 Å². The Hall–Kier alpha value is -0.710. The van der Waals surface area contributed by atoms with Gasteiger partial charge in [-0.3, -0.25) is 0 Å². The predicted octanol–water partition coefficient (Wildman–Crippen LogP) is 4.31. The van der Waals surface area contributed by atoms with Gasteiger partial charge in [0, 0.05) is 9.75 Å². The molecular formula is C13H13BrFNS. The van der Waals surface area contributed by atoms with Crippen molar-refractivity contribution in [2.45, 2.75) is 19.9 Å². The van der Waals surface area contributed by atoms with Crippen LogP contribution in [0.4, 0.5) is 4.39 Å². The standard InChI is InChI=1S/C13H13BrFNS/c1-7-5-8(2)17-13(7)12(16)9-3-4-11(15)10(14)6-9/h3-6,12H,16H2,1-2H3. The number of rotatable bonds is 2. The van der Waals surface area contributed by atoms with Gasteiger partial charge in [-0.25, -0.2) is 4.39 Å². The van der Waals surface area contributed by atoms with Gasteiger partial charge in [0.2, 0.25) is 0 Å². The van der Waals surface area contributed by atoms with Crippen molar-refractivity contribution < 1.29 is 4.39 Å². The fourth-order valence-corrected chi connectivity index (χ4v) is 3.29. The van der Waals surface area contributed by atoms with Crippen molar-refractivity contribution in [3.63, 3.8) is 0 Å². The van der Waals surface area contributed by atoms with Crippen LogP contribution < -0.4 is 5.73 Å². The molecule has 0 radical (unpaired) electrons. The average Bonchev–Trinajstić information content (AvgIpc) is 2.61. The van der Waals surface area contributed by atoms with Gasteiger partial charge in [0.1, 0.15) is 5.82 Å². The van der Waals surface area contributed by atoms with Crippen LogP contribution in [0.1, 0.15) is 26.9 Å². The van der Waals surface area contributed by atoms with E-state index in [4.69, 9.17) is 5.73 Å². The zero-order valence-electron chi connectivity index (χ0n) is 9.63. The number of hydrogen-bond donors (Lipinski definition) is 1. The molecule has 90 valence electrons. The van der Waals surface area contributed by atoms with E-state index < -0.39 is 0 Å². The lowest BCUT2D eigenvalue weighted by molar-refractivity contribution is 0.619. The smallest absolute Gasteiger partial charge is 0.137 e. The summed E-state index contributed by atoms with van der Waals surface area (Å²) in [6, 6.07) is 6.85. The molecule has 1 unspecified atom stereocenters. The minimum Gasteiger partial charge on any atom is -0.320 e. The fraction of sp³-hybridized carbons (Fsp3) is 0.231. The maximum Gasteiger partial charge on any atom is 0.137 e. The Bertz CT molecular complexity index is 550. The first kappa shape index (κ1) is 12.7. The number of nitrogens with two attached hydrogens (primary N) is 1. The number of halogens is 2. The van der Waals surface area contributed by atoms with Gasteiger partial charge in [-0.05, 0) is 59.1 Å². The molecule has 0 bridgehead atoms. The zero-order valence-corrected chi connectivity index (χ0v) is 12.0. The van der Waals surface area contributed by atoms with Crippen LogP contribution in [0.25, 0.3) is 0 Å². The molecule has 2 rings (SSSR count). The molecule has 0 saturated heterocycles. The summed E-state index contributed by atoms with van der Waals surface area (Å²) in [5.74, 6) is -0.264. The zero-order chi connectivity index (χ0) is 12.6. The second-order valence-electron chi connectivity index (χ2n) is 4.06. The minimum atomic E-state index is -0.264. The first-order valence-electron chi connectivity index (χ1n) is 5.26. The third-order valence-electron chi connectivity index (χ3n) is 2.66. The van der Waals surface area contributed by atoms with Crippen LogP contribution in [0.3, 0.4) is 0 Å². The average molecular weight is 314 g/mol. The van der Waals surface area contributed by atoms with E-state index in [0.717, 1.165) is 10.4 Å². The van der Waals surface area contributed by atoms with E-state index in [9.17, 15) is 4.39 Å². The van der Waals surface area contributed by atoms with Crippen LogP contribution in [0.2, 0.25) is 0 Å². The maximum absolute atomic E-state index is 13.2. The second kappa shape index (κ2) is 4.88. The van der Waals surface area contributed by atoms with Crippen LogP contribution in [0.15, 0.2) is 28.7 Å². The molecule has 1 aromatic carbocycles. The molecular weight excluding hydrogens is 301 g/mol. The Balaban J connectivity index is 2.40. The highest BCUT2D eigenvalue weighted by Gasteiger charge is 2.15. The van der Waals surface area contributed by atoms with Crippen LogP contribution in [-0.4, -0.2) is 0 Å². The SMILES string of the molecule is Cc1cc(C)c(C(N)c2ccc(F)c(Br)c2)s1. The van der Waals surface area contributed by atoms with E-state index in [1.165, 1.54) is 16.5 Å². The van der Waals surface area contributed by atoms with E-state index in [-0.39, 0.29) is 11.9 Å². The lowest BCUT2D eigenvalue weighted by Gasteiger charge is -2.12. The van der Waals surface area contributed by atoms with E-state index >= 15 is 0 Å². The van der Waals surface area contributed by atoms with Crippen molar-refractivity contribution in [2.75, 3.05) is 0 Å². The highest BCUT2D eigenvalue weighted by atomic mass is 79.9. The summed E-state index contributed by atoms with van der Waals surface area (Å²) in [4.78, 5) is 2.38. The summed E-state index contributed by atoms with van der Waals surface area (Å²) >= 11 is 4.88. The largest absolute Gasteiger partial charge is 0.320 e. The molecule has 0 saturated carbocycles. The number of hydrogen-bond acceptors (Lipinski definition) is 2. The van der Waals surface area contributed by atoms with Crippen molar-refractivity contribution in [3.8, 4) is 0 Å². The molecule has 2 aromatic rings. The monoisotopic (exact) mass is 313 g/mol. The van der Waals surface area contributed by atoms with E-state index in [1.807, 2.05) is 0 Å².